The van der Waals surface area contributed by atoms with Gasteiger partial charge in [0.2, 0.25) is 5.78 Å². The predicted octanol–water partition coefficient (Wildman–Crippen LogP) is 1.43. The Morgan fingerprint density at radius 3 is 2.53 bits per heavy atom. The molecule has 17 heavy (non-hydrogen) atoms. The monoisotopic (exact) mass is 248 g/mol. The lowest BCUT2D eigenvalue weighted by atomic mass is 10.1. The average Bonchev–Trinajstić information content (AvgIpc) is 2.39. The number of ketones is 1. The molecule has 0 amide bonds. The highest BCUT2D eigenvalue weighted by Crippen LogP contribution is 2.07. The van der Waals surface area contributed by atoms with E-state index in [0.29, 0.717) is 10.7 Å². The van der Waals surface area contributed by atoms with Crippen molar-refractivity contribution in [2.45, 2.75) is 13.0 Å². The van der Waals surface area contributed by atoms with Crippen LogP contribution < -0.4 is 5.73 Å². The molecule has 0 heterocycles. The minimum absolute atomic E-state index is 0.121. The molecule has 0 bridgehead atoms. The van der Waals surface area contributed by atoms with E-state index in [1.807, 2.05) is 12.3 Å². The number of nitrogens with zero attached hydrogens (tertiary/aromatic N) is 2. The molecule has 0 radical (unpaired) electrons. The first-order valence-corrected chi connectivity index (χ1v) is 6.29. The Morgan fingerprint density at radius 2 is 2.06 bits per heavy atom. The third-order valence-electron chi connectivity index (χ3n) is 2.38. The second-order valence-corrected chi connectivity index (χ2v) is 4.25. The summed E-state index contributed by atoms with van der Waals surface area (Å²) in [6.07, 6.45) is 3.70. The van der Waals surface area contributed by atoms with E-state index >= 15 is 0 Å². The summed E-state index contributed by atoms with van der Waals surface area (Å²) in [6, 6.07) is 8.28. The van der Waals surface area contributed by atoms with Gasteiger partial charge in [-0.25, -0.2) is 0 Å². The van der Waals surface area contributed by atoms with Gasteiger partial charge in [0.1, 0.15) is 0 Å². The van der Waals surface area contributed by atoms with E-state index in [9.17, 15) is 4.79 Å². The van der Waals surface area contributed by atoms with Gasteiger partial charge in [-0.3, -0.25) is 4.79 Å². The third kappa shape index (κ3) is 3.08. The number of benzene rings is 1. The highest BCUT2D eigenvalue weighted by Gasteiger charge is 2.23. The van der Waals surface area contributed by atoms with E-state index in [1.54, 1.807) is 37.4 Å². The summed E-state index contributed by atoms with van der Waals surface area (Å²) >= 11 is 1.24. The molecular formula is C12H14N3OS+. The van der Waals surface area contributed by atoms with Crippen molar-refractivity contribution in [2.24, 2.45) is 5.73 Å². The number of Topliss-reactive ketones (excluding diaryl/α,β-unsaturated/α-hetero) is 1. The molecule has 0 aliphatic carbocycles. The van der Waals surface area contributed by atoms with Crippen LogP contribution in [0.4, 0.5) is 0 Å². The molecule has 0 aromatic heterocycles. The topological polar surface area (TPSA) is 69.9 Å². The number of rotatable bonds is 3. The third-order valence-corrected chi connectivity index (χ3v) is 2.99. The maximum Gasteiger partial charge on any atom is 0.371 e. The van der Waals surface area contributed by atoms with Gasteiger partial charge in [-0.05, 0) is 13.2 Å². The van der Waals surface area contributed by atoms with Crippen molar-refractivity contribution in [3.63, 3.8) is 0 Å². The molecule has 88 valence electrons. The van der Waals surface area contributed by atoms with E-state index in [1.165, 1.54) is 16.3 Å². The van der Waals surface area contributed by atoms with E-state index in [0.717, 1.165) is 0 Å². The van der Waals surface area contributed by atoms with Crippen molar-refractivity contribution in [1.82, 2.24) is 0 Å². The second-order valence-electron chi connectivity index (χ2n) is 3.42. The molecule has 1 rings (SSSR count). The molecule has 1 aromatic rings. The molecule has 0 aliphatic rings. The summed E-state index contributed by atoms with van der Waals surface area (Å²) < 4.78 is 1.22. The fourth-order valence-electron chi connectivity index (χ4n) is 1.39. The first kappa shape index (κ1) is 13.3. The quantitative estimate of drug-likeness (QED) is 0.219. The zero-order valence-corrected chi connectivity index (χ0v) is 10.6. The molecule has 0 aliphatic heterocycles. The zero-order valence-electron chi connectivity index (χ0n) is 9.75. The van der Waals surface area contributed by atoms with E-state index in [4.69, 9.17) is 11.0 Å². The van der Waals surface area contributed by atoms with Gasteiger partial charge in [-0.1, -0.05) is 42.1 Å². The second kappa shape index (κ2) is 6.06. The first-order chi connectivity index (χ1) is 8.11. The van der Waals surface area contributed by atoms with Gasteiger partial charge < -0.3 is 5.73 Å². The molecule has 5 heteroatoms. The van der Waals surface area contributed by atoms with Crippen LogP contribution in [0.1, 0.15) is 17.3 Å². The van der Waals surface area contributed by atoms with Gasteiger partial charge in [-0.2, -0.15) is 4.58 Å². The van der Waals surface area contributed by atoms with Crippen LogP contribution in [-0.4, -0.2) is 27.8 Å². The molecular weight excluding hydrogens is 234 g/mol. The number of hydrogen-bond acceptors (Lipinski definition) is 3. The Morgan fingerprint density at radius 1 is 1.47 bits per heavy atom. The Balaban J connectivity index is 3.03. The molecule has 0 saturated carbocycles. The molecule has 1 unspecified atom stereocenters. The summed E-state index contributed by atoms with van der Waals surface area (Å²) in [5, 5.41) is 9.33. The van der Waals surface area contributed by atoms with Gasteiger partial charge in [0.15, 0.2) is 6.04 Å². The summed E-state index contributed by atoms with van der Waals surface area (Å²) in [5.74, 6) is -0.121. The summed E-state index contributed by atoms with van der Waals surface area (Å²) in [4.78, 5) is 12.1. The number of nitrogens with two attached hydrogens (primary N) is 1. The number of carbonyl (C=O) groups is 1. The van der Waals surface area contributed by atoms with Gasteiger partial charge in [-0.15, -0.1) is 0 Å². The minimum Gasteiger partial charge on any atom is -0.312 e. The Bertz CT molecular complexity index is 476. The van der Waals surface area contributed by atoms with Crippen molar-refractivity contribution in [3.8, 4) is 6.19 Å². The lowest BCUT2D eigenvalue weighted by Gasteiger charge is -2.09. The minimum atomic E-state index is -0.588. The standard InChI is InChI=1S/C12H13N3OS/c1-9(15(8-13)12(14)17-2)11(16)10-6-4-3-5-7-10/h3-7,9,14H,1-2H3/p+1. The number of thioether (sulfide) groups is 1. The van der Waals surface area contributed by atoms with Crippen molar-refractivity contribution >= 4 is 22.7 Å². The smallest absolute Gasteiger partial charge is 0.312 e. The Hall–Kier alpha value is -1.80. The maximum absolute atomic E-state index is 12.1. The van der Waals surface area contributed by atoms with Crippen LogP contribution >= 0.6 is 11.8 Å². The molecule has 1 atom stereocenters. The zero-order chi connectivity index (χ0) is 12.8. The van der Waals surface area contributed by atoms with Gasteiger partial charge in [0.05, 0.1) is 0 Å². The van der Waals surface area contributed by atoms with Crippen molar-refractivity contribution in [3.05, 3.63) is 35.9 Å². The molecule has 0 fully saturated rings. The van der Waals surface area contributed by atoms with Crippen LogP contribution in [0.3, 0.4) is 0 Å². The molecule has 2 N–H and O–H groups in total. The SMILES string of the molecule is CSC(N)=[N+](C#N)C(C)C(=O)c1ccccc1. The van der Waals surface area contributed by atoms with Gasteiger partial charge >= 0.3 is 6.19 Å². The van der Waals surface area contributed by atoms with Gasteiger partial charge in [0, 0.05) is 10.8 Å². The van der Waals surface area contributed by atoms with Crippen molar-refractivity contribution in [2.75, 3.05) is 6.26 Å². The van der Waals surface area contributed by atoms with E-state index in [-0.39, 0.29) is 5.78 Å². The molecule has 4 nitrogen and oxygen atoms in total. The highest BCUT2D eigenvalue weighted by molar-refractivity contribution is 8.12. The largest absolute Gasteiger partial charge is 0.371 e. The molecule has 1 aromatic carbocycles. The van der Waals surface area contributed by atoms with Crippen LogP contribution in [0.25, 0.3) is 0 Å². The lowest BCUT2D eigenvalue weighted by Crippen LogP contribution is -2.35. The highest BCUT2D eigenvalue weighted by atomic mass is 32.2. The van der Waals surface area contributed by atoms with Crippen molar-refractivity contribution < 1.29 is 9.37 Å². The maximum atomic E-state index is 12.1. The fraction of sp³-hybridized carbons (Fsp3) is 0.250. The van der Waals surface area contributed by atoms with Crippen LogP contribution in [0.5, 0.6) is 0 Å². The van der Waals surface area contributed by atoms with E-state index < -0.39 is 6.04 Å². The Kier molecular flexibility index (Phi) is 4.73. The van der Waals surface area contributed by atoms with Crippen LogP contribution in [0.15, 0.2) is 30.3 Å². The summed E-state index contributed by atoms with van der Waals surface area (Å²) in [6.45, 7) is 1.67. The van der Waals surface area contributed by atoms with Crippen LogP contribution in [-0.2, 0) is 0 Å². The number of nitriles is 1. The Labute approximate surface area is 105 Å². The van der Waals surface area contributed by atoms with Crippen molar-refractivity contribution in [1.29, 1.82) is 5.26 Å². The van der Waals surface area contributed by atoms with E-state index in [2.05, 4.69) is 0 Å². The van der Waals surface area contributed by atoms with Gasteiger partial charge in [0.25, 0.3) is 5.17 Å². The van der Waals surface area contributed by atoms with Crippen LogP contribution in [0.2, 0.25) is 0 Å². The summed E-state index contributed by atoms with van der Waals surface area (Å²) in [7, 11) is 0. The number of carbonyl (C=O) groups excluding carboxylic acids is 1. The average molecular weight is 248 g/mol. The lowest BCUT2D eigenvalue weighted by molar-refractivity contribution is -0.459. The van der Waals surface area contributed by atoms with Crippen LogP contribution in [0, 0.1) is 11.5 Å². The molecule has 0 saturated heterocycles. The number of hydrogen-bond donors (Lipinski definition) is 1. The normalized spacial score (nSPS) is 13.5. The summed E-state index contributed by atoms with van der Waals surface area (Å²) in [5.41, 5.74) is 6.25. The first-order valence-electron chi connectivity index (χ1n) is 5.06. The molecule has 0 spiro atoms. The predicted molar refractivity (Wildman–Crippen MR) is 68.8 cm³/mol. The number of amidine groups is 1. The fourth-order valence-corrected chi connectivity index (χ4v) is 1.78.